The third-order valence-electron chi connectivity index (χ3n) is 4.84. The quantitative estimate of drug-likeness (QED) is 0.552. The van der Waals surface area contributed by atoms with Crippen LogP contribution in [-0.2, 0) is 13.0 Å². The molecule has 3 rings (SSSR count). The number of hydrogen-bond donors (Lipinski definition) is 2. The van der Waals surface area contributed by atoms with E-state index in [9.17, 15) is 4.79 Å². The van der Waals surface area contributed by atoms with Crippen LogP contribution in [0.5, 0.6) is 0 Å². The van der Waals surface area contributed by atoms with Crippen LogP contribution >= 0.6 is 11.5 Å². The van der Waals surface area contributed by atoms with Gasteiger partial charge in [0.1, 0.15) is 5.82 Å². The van der Waals surface area contributed by atoms with Crippen molar-refractivity contribution in [3.05, 3.63) is 41.2 Å². The summed E-state index contributed by atoms with van der Waals surface area (Å²) in [6.07, 6.45) is 0.872. The molecule has 9 heteroatoms. The number of aryl methyl sites for hydroxylation is 1. The van der Waals surface area contributed by atoms with E-state index < -0.39 is 0 Å². The minimum atomic E-state index is -0.0397. The lowest BCUT2D eigenvalue weighted by molar-refractivity contribution is 0.0956. The summed E-state index contributed by atoms with van der Waals surface area (Å²) in [5.74, 6) is 1.77. The summed E-state index contributed by atoms with van der Waals surface area (Å²) in [6, 6.07) is 7.67. The molecule has 0 saturated carbocycles. The first kappa shape index (κ1) is 21.0. The fraction of sp³-hybridized carbons (Fsp3) is 0.500. The van der Waals surface area contributed by atoms with Gasteiger partial charge in [-0.3, -0.25) is 9.79 Å². The van der Waals surface area contributed by atoms with E-state index in [2.05, 4.69) is 41.7 Å². The lowest BCUT2D eigenvalue weighted by Crippen LogP contribution is -2.52. The Labute approximate surface area is 176 Å². The molecule has 156 valence electrons. The fourth-order valence-electron chi connectivity index (χ4n) is 3.18. The molecule has 1 amide bonds. The van der Waals surface area contributed by atoms with Gasteiger partial charge in [-0.2, -0.15) is 4.37 Å². The average Bonchev–Trinajstić information content (AvgIpc) is 3.24. The fourth-order valence-corrected chi connectivity index (χ4v) is 3.98. The van der Waals surface area contributed by atoms with Crippen molar-refractivity contribution in [3.63, 3.8) is 0 Å². The molecule has 0 unspecified atom stereocenters. The van der Waals surface area contributed by atoms with Crippen molar-refractivity contribution < 1.29 is 4.79 Å². The number of aromatic nitrogens is 2. The standard InChI is InChI=1S/C20H29N7OS/c1-4-17-24-20(29-25-17)27-12-10-26(11-13-27)19(21-3)23-14-15-6-8-16(9-7-15)18(28)22-5-2/h6-9H,4-5,10-14H2,1-3H3,(H,21,23)(H,22,28). The van der Waals surface area contributed by atoms with E-state index in [4.69, 9.17) is 0 Å². The highest BCUT2D eigenvalue weighted by atomic mass is 32.1. The number of guanidine groups is 1. The largest absolute Gasteiger partial charge is 0.352 e. The number of carbonyl (C=O) groups excluding carboxylic acids is 1. The highest BCUT2D eigenvalue weighted by molar-refractivity contribution is 7.09. The third-order valence-corrected chi connectivity index (χ3v) is 5.65. The molecule has 8 nitrogen and oxygen atoms in total. The molecule has 29 heavy (non-hydrogen) atoms. The van der Waals surface area contributed by atoms with E-state index in [0.29, 0.717) is 18.7 Å². The Morgan fingerprint density at radius 1 is 1.14 bits per heavy atom. The molecule has 1 aliphatic rings. The zero-order valence-corrected chi connectivity index (χ0v) is 18.1. The summed E-state index contributed by atoms with van der Waals surface area (Å²) in [4.78, 5) is 25.4. The molecule has 1 aromatic heterocycles. The minimum absolute atomic E-state index is 0.0397. The number of nitrogens with zero attached hydrogens (tertiary/aromatic N) is 5. The number of anilines is 1. The number of nitrogens with one attached hydrogen (secondary N) is 2. The maximum absolute atomic E-state index is 11.9. The van der Waals surface area contributed by atoms with Crippen molar-refractivity contribution in [1.29, 1.82) is 0 Å². The zero-order valence-electron chi connectivity index (χ0n) is 17.3. The van der Waals surface area contributed by atoms with Gasteiger partial charge in [-0.25, -0.2) is 4.98 Å². The van der Waals surface area contributed by atoms with Crippen LogP contribution in [0.25, 0.3) is 0 Å². The Kier molecular flexibility index (Phi) is 7.40. The first-order valence-electron chi connectivity index (χ1n) is 10.0. The number of rotatable bonds is 6. The van der Waals surface area contributed by atoms with Crippen LogP contribution in [-0.4, -0.2) is 65.9 Å². The zero-order chi connectivity index (χ0) is 20.6. The Bertz CT molecular complexity index is 826. The van der Waals surface area contributed by atoms with E-state index in [-0.39, 0.29) is 5.91 Å². The number of piperazine rings is 1. The smallest absolute Gasteiger partial charge is 0.251 e. The van der Waals surface area contributed by atoms with Gasteiger partial charge >= 0.3 is 0 Å². The first-order chi connectivity index (χ1) is 14.1. The molecule has 0 aliphatic carbocycles. The van der Waals surface area contributed by atoms with Crippen molar-refractivity contribution in [2.24, 2.45) is 4.99 Å². The molecule has 0 radical (unpaired) electrons. The van der Waals surface area contributed by atoms with Crippen molar-refractivity contribution in [3.8, 4) is 0 Å². The first-order valence-corrected chi connectivity index (χ1v) is 10.8. The molecule has 1 fully saturated rings. The number of hydrogen-bond acceptors (Lipinski definition) is 6. The van der Waals surface area contributed by atoms with Crippen LogP contribution in [0.1, 0.15) is 35.6 Å². The Morgan fingerprint density at radius 2 is 1.86 bits per heavy atom. The second-order valence-corrected chi connectivity index (χ2v) is 7.51. The molecule has 0 bridgehead atoms. The molecule has 2 aromatic rings. The van der Waals surface area contributed by atoms with E-state index in [1.165, 1.54) is 11.5 Å². The van der Waals surface area contributed by atoms with E-state index >= 15 is 0 Å². The van der Waals surface area contributed by atoms with Gasteiger partial charge in [0.15, 0.2) is 5.96 Å². The number of amides is 1. The Balaban J connectivity index is 1.50. The van der Waals surface area contributed by atoms with E-state index in [0.717, 1.165) is 55.1 Å². The molecule has 1 aliphatic heterocycles. The van der Waals surface area contributed by atoms with Gasteiger partial charge in [0.25, 0.3) is 5.91 Å². The number of benzene rings is 1. The molecule has 1 aromatic carbocycles. The van der Waals surface area contributed by atoms with Crippen LogP contribution in [0.4, 0.5) is 5.13 Å². The Hall–Kier alpha value is -2.68. The maximum atomic E-state index is 11.9. The lowest BCUT2D eigenvalue weighted by atomic mass is 10.1. The normalized spacial score (nSPS) is 14.8. The minimum Gasteiger partial charge on any atom is -0.352 e. The highest BCUT2D eigenvalue weighted by Crippen LogP contribution is 2.19. The topological polar surface area (TPSA) is 85.8 Å². The van der Waals surface area contributed by atoms with Crippen molar-refractivity contribution >= 4 is 28.5 Å². The molecular weight excluding hydrogens is 386 g/mol. The van der Waals surface area contributed by atoms with E-state index in [1.807, 2.05) is 38.2 Å². The van der Waals surface area contributed by atoms with Gasteiger partial charge in [0.2, 0.25) is 5.13 Å². The van der Waals surface area contributed by atoms with Crippen LogP contribution in [0, 0.1) is 0 Å². The van der Waals surface area contributed by atoms with Gasteiger partial charge in [0.05, 0.1) is 0 Å². The monoisotopic (exact) mass is 415 g/mol. The second kappa shape index (κ2) is 10.2. The van der Waals surface area contributed by atoms with Gasteiger partial charge in [-0.15, -0.1) is 0 Å². The number of aliphatic imine (C=N–C) groups is 1. The lowest BCUT2D eigenvalue weighted by Gasteiger charge is -2.36. The number of carbonyl (C=O) groups is 1. The molecule has 2 N–H and O–H groups in total. The van der Waals surface area contributed by atoms with E-state index in [1.54, 1.807) is 0 Å². The van der Waals surface area contributed by atoms with Gasteiger partial charge in [-0.1, -0.05) is 19.1 Å². The molecular formula is C20H29N7OS. The van der Waals surface area contributed by atoms with Gasteiger partial charge < -0.3 is 20.4 Å². The molecule has 0 spiro atoms. The highest BCUT2D eigenvalue weighted by Gasteiger charge is 2.22. The van der Waals surface area contributed by atoms with Gasteiger partial charge in [-0.05, 0) is 24.6 Å². The maximum Gasteiger partial charge on any atom is 0.251 e. The summed E-state index contributed by atoms with van der Waals surface area (Å²) in [5.41, 5.74) is 1.79. The van der Waals surface area contributed by atoms with Crippen molar-refractivity contribution in [2.45, 2.75) is 26.8 Å². The van der Waals surface area contributed by atoms with Crippen LogP contribution in [0.2, 0.25) is 0 Å². The predicted octanol–water partition coefficient (Wildman–Crippen LogP) is 1.75. The van der Waals surface area contributed by atoms with Crippen molar-refractivity contribution in [1.82, 2.24) is 24.9 Å². The predicted molar refractivity (Wildman–Crippen MR) is 118 cm³/mol. The van der Waals surface area contributed by atoms with Crippen LogP contribution in [0.15, 0.2) is 29.3 Å². The van der Waals surface area contributed by atoms with Gasteiger partial charge in [0, 0.05) is 69.8 Å². The SMILES string of the molecule is CCNC(=O)c1ccc(CNC(=NC)N2CCN(c3nc(CC)ns3)CC2)cc1. The Morgan fingerprint density at radius 3 is 2.45 bits per heavy atom. The summed E-state index contributed by atoms with van der Waals surface area (Å²) >= 11 is 1.48. The summed E-state index contributed by atoms with van der Waals surface area (Å²) in [7, 11) is 1.81. The average molecular weight is 416 g/mol. The van der Waals surface area contributed by atoms with Crippen LogP contribution < -0.4 is 15.5 Å². The van der Waals surface area contributed by atoms with Crippen LogP contribution in [0.3, 0.4) is 0 Å². The second-order valence-electron chi connectivity index (χ2n) is 6.78. The molecule has 2 heterocycles. The molecule has 0 atom stereocenters. The summed E-state index contributed by atoms with van der Waals surface area (Å²) in [5, 5.41) is 7.25. The third kappa shape index (κ3) is 5.44. The van der Waals surface area contributed by atoms with Crippen molar-refractivity contribution in [2.75, 3.05) is 44.7 Å². The summed E-state index contributed by atoms with van der Waals surface area (Å²) in [6.45, 7) is 8.86. The summed E-state index contributed by atoms with van der Waals surface area (Å²) < 4.78 is 4.38. The molecule has 1 saturated heterocycles.